The molecule has 0 aliphatic carbocycles. The fourth-order valence-electron chi connectivity index (χ4n) is 1.18. The van der Waals surface area contributed by atoms with Crippen LogP contribution in [0.1, 0.15) is 26.8 Å². The van der Waals surface area contributed by atoms with Crippen LogP contribution in [0.3, 0.4) is 0 Å². The Balaban J connectivity index is 2.61. The van der Waals surface area contributed by atoms with E-state index in [0.717, 1.165) is 5.69 Å². The summed E-state index contributed by atoms with van der Waals surface area (Å²) in [5.74, 6) is -0.285. The topological polar surface area (TPSA) is 56.1 Å². The van der Waals surface area contributed by atoms with Gasteiger partial charge in [0.05, 0.1) is 19.0 Å². The van der Waals surface area contributed by atoms with Crippen LogP contribution in [0.15, 0.2) is 12.4 Å². The van der Waals surface area contributed by atoms with E-state index in [-0.39, 0.29) is 12.0 Å². The minimum Gasteiger partial charge on any atom is -0.467 e. The van der Waals surface area contributed by atoms with Crippen molar-refractivity contribution in [2.45, 2.75) is 32.9 Å². The van der Waals surface area contributed by atoms with Crippen molar-refractivity contribution in [2.24, 2.45) is 0 Å². The lowest BCUT2D eigenvalue weighted by atomic mass is 10.3. The first-order chi connectivity index (χ1) is 7.04. The average Bonchev–Trinajstić information content (AvgIpc) is 2.65. The van der Waals surface area contributed by atoms with E-state index in [0.29, 0.717) is 6.04 Å². The third kappa shape index (κ3) is 2.97. The fourth-order valence-corrected chi connectivity index (χ4v) is 1.18. The van der Waals surface area contributed by atoms with Crippen molar-refractivity contribution >= 4 is 11.7 Å². The minimum absolute atomic E-state index is 0.285. The molecule has 0 aromatic carbocycles. The van der Waals surface area contributed by atoms with Gasteiger partial charge in [0.25, 0.3) is 0 Å². The zero-order valence-corrected chi connectivity index (χ0v) is 9.52. The highest BCUT2D eigenvalue weighted by atomic mass is 16.5. The molecule has 1 unspecified atom stereocenters. The number of hydrogen-bond acceptors (Lipinski definition) is 4. The highest BCUT2D eigenvalue weighted by molar-refractivity contribution is 5.78. The molecule has 5 heteroatoms. The Morgan fingerprint density at radius 1 is 1.53 bits per heavy atom. The Hall–Kier alpha value is -1.52. The highest BCUT2D eigenvalue weighted by Gasteiger charge is 2.13. The molecule has 84 valence electrons. The molecule has 5 nitrogen and oxygen atoms in total. The molecule has 0 amide bonds. The van der Waals surface area contributed by atoms with Crippen LogP contribution in [0, 0.1) is 0 Å². The van der Waals surface area contributed by atoms with E-state index in [9.17, 15) is 4.79 Å². The lowest BCUT2D eigenvalue weighted by Gasteiger charge is -2.10. The Morgan fingerprint density at radius 3 is 2.67 bits per heavy atom. The molecule has 0 aliphatic heterocycles. The largest absolute Gasteiger partial charge is 0.467 e. The van der Waals surface area contributed by atoms with Crippen molar-refractivity contribution in [1.29, 1.82) is 0 Å². The number of nitrogens with one attached hydrogen (secondary N) is 1. The second-order valence-corrected chi connectivity index (χ2v) is 3.69. The summed E-state index contributed by atoms with van der Waals surface area (Å²) in [6.07, 6.45) is 3.56. The maximum Gasteiger partial charge on any atom is 0.327 e. The number of carbonyl (C=O) groups is 1. The second-order valence-electron chi connectivity index (χ2n) is 3.69. The third-order valence-electron chi connectivity index (χ3n) is 2.07. The van der Waals surface area contributed by atoms with Crippen molar-refractivity contribution in [3.8, 4) is 0 Å². The molecule has 1 aromatic rings. The van der Waals surface area contributed by atoms with Gasteiger partial charge in [0.1, 0.15) is 6.04 Å². The number of nitrogens with zero attached hydrogens (tertiary/aromatic N) is 2. The molecule has 1 heterocycles. The van der Waals surface area contributed by atoms with Gasteiger partial charge in [0, 0.05) is 12.2 Å². The predicted octanol–water partition coefficient (Wildman–Crippen LogP) is 1.44. The van der Waals surface area contributed by atoms with Gasteiger partial charge in [-0.2, -0.15) is 5.10 Å². The SMILES string of the molecule is COC(=O)C(C)Nc1cnn(C(C)C)c1. The summed E-state index contributed by atoms with van der Waals surface area (Å²) in [4.78, 5) is 11.1. The maximum absolute atomic E-state index is 11.1. The van der Waals surface area contributed by atoms with E-state index in [4.69, 9.17) is 0 Å². The average molecular weight is 211 g/mol. The van der Waals surface area contributed by atoms with Crippen LogP contribution in [0.5, 0.6) is 0 Å². The molecule has 1 aromatic heterocycles. The summed E-state index contributed by atoms with van der Waals surface area (Å²) >= 11 is 0. The number of esters is 1. The number of aromatic nitrogens is 2. The number of methoxy groups -OCH3 is 1. The number of anilines is 1. The van der Waals surface area contributed by atoms with E-state index < -0.39 is 0 Å². The van der Waals surface area contributed by atoms with Crippen molar-refractivity contribution in [3.63, 3.8) is 0 Å². The van der Waals surface area contributed by atoms with Crippen LogP contribution in [-0.2, 0) is 9.53 Å². The van der Waals surface area contributed by atoms with Gasteiger partial charge in [0.15, 0.2) is 0 Å². The van der Waals surface area contributed by atoms with Crippen LogP contribution in [0.25, 0.3) is 0 Å². The van der Waals surface area contributed by atoms with Crippen molar-refractivity contribution in [3.05, 3.63) is 12.4 Å². The molecule has 0 saturated heterocycles. The maximum atomic E-state index is 11.1. The van der Waals surface area contributed by atoms with E-state index in [1.54, 1.807) is 13.1 Å². The molecule has 1 atom stereocenters. The Bertz CT molecular complexity index is 333. The summed E-state index contributed by atoms with van der Waals surface area (Å²) in [7, 11) is 1.37. The first-order valence-electron chi connectivity index (χ1n) is 4.93. The van der Waals surface area contributed by atoms with Crippen LogP contribution < -0.4 is 5.32 Å². The zero-order valence-electron chi connectivity index (χ0n) is 9.52. The Morgan fingerprint density at radius 2 is 2.20 bits per heavy atom. The third-order valence-corrected chi connectivity index (χ3v) is 2.07. The standard InChI is InChI=1S/C10H17N3O2/c1-7(2)13-6-9(5-11-13)12-8(3)10(14)15-4/h5-8,12H,1-4H3. The van der Waals surface area contributed by atoms with Crippen LogP contribution >= 0.6 is 0 Å². The van der Waals surface area contributed by atoms with E-state index in [1.165, 1.54) is 7.11 Å². The molecule has 0 saturated carbocycles. The summed E-state index contributed by atoms with van der Waals surface area (Å²) in [5.41, 5.74) is 0.821. The molecular weight excluding hydrogens is 194 g/mol. The first-order valence-corrected chi connectivity index (χ1v) is 4.93. The molecule has 0 aliphatic rings. The quantitative estimate of drug-likeness (QED) is 0.765. The number of hydrogen-bond donors (Lipinski definition) is 1. The normalized spacial score (nSPS) is 12.6. The van der Waals surface area contributed by atoms with Gasteiger partial charge in [-0.05, 0) is 20.8 Å². The van der Waals surface area contributed by atoms with Gasteiger partial charge < -0.3 is 10.1 Å². The molecule has 1 N–H and O–H groups in total. The smallest absolute Gasteiger partial charge is 0.327 e. The summed E-state index contributed by atoms with van der Waals surface area (Å²) in [6.45, 7) is 5.83. The molecular formula is C10H17N3O2. The van der Waals surface area contributed by atoms with Crippen molar-refractivity contribution < 1.29 is 9.53 Å². The van der Waals surface area contributed by atoms with E-state index in [2.05, 4.69) is 15.2 Å². The van der Waals surface area contributed by atoms with Crippen LogP contribution in [0.4, 0.5) is 5.69 Å². The van der Waals surface area contributed by atoms with Crippen LogP contribution in [0.2, 0.25) is 0 Å². The van der Waals surface area contributed by atoms with Gasteiger partial charge in [-0.3, -0.25) is 4.68 Å². The zero-order chi connectivity index (χ0) is 11.4. The van der Waals surface area contributed by atoms with E-state index >= 15 is 0 Å². The van der Waals surface area contributed by atoms with E-state index in [1.807, 2.05) is 24.7 Å². The number of ether oxygens (including phenoxy) is 1. The monoisotopic (exact) mass is 211 g/mol. The van der Waals surface area contributed by atoms with Gasteiger partial charge >= 0.3 is 5.97 Å². The molecule has 0 radical (unpaired) electrons. The van der Waals surface area contributed by atoms with Gasteiger partial charge in [-0.25, -0.2) is 4.79 Å². The van der Waals surface area contributed by atoms with Gasteiger partial charge in [-0.15, -0.1) is 0 Å². The number of carbonyl (C=O) groups excluding carboxylic acids is 1. The molecule has 0 spiro atoms. The van der Waals surface area contributed by atoms with Crippen molar-refractivity contribution in [1.82, 2.24) is 9.78 Å². The Kier molecular flexibility index (Phi) is 3.71. The number of rotatable bonds is 4. The first kappa shape index (κ1) is 11.6. The van der Waals surface area contributed by atoms with Crippen LogP contribution in [-0.4, -0.2) is 28.9 Å². The second kappa shape index (κ2) is 4.82. The highest BCUT2D eigenvalue weighted by Crippen LogP contribution is 2.11. The summed E-state index contributed by atoms with van der Waals surface area (Å²) in [6, 6.07) is -0.0474. The van der Waals surface area contributed by atoms with Gasteiger partial charge in [0.2, 0.25) is 0 Å². The minimum atomic E-state index is -0.361. The van der Waals surface area contributed by atoms with Crippen molar-refractivity contribution in [2.75, 3.05) is 12.4 Å². The molecule has 1 rings (SSSR count). The molecule has 15 heavy (non-hydrogen) atoms. The summed E-state index contributed by atoms with van der Waals surface area (Å²) < 4.78 is 6.44. The van der Waals surface area contributed by atoms with Gasteiger partial charge in [-0.1, -0.05) is 0 Å². The Labute approximate surface area is 89.4 Å². The fraction of sp³-hybridized carbons (Fsp3) is 0.600. The summed E-state index contributed by atoms with van der Waals surface area (Å²) in [5, 5.41) is 7.17. The lowest BCUT2D eigenvalue weighted by Crippen LogP contribution is -2.26. The molecule has 0 fully saturated rings. The predicted molar refractivity (Wildman–Crippen MR) is 57.7 cm³/mol. The molecule has 0 bridgehead atoms. The lowest BCUT2D eigenvalue weighted by molar-refractivity contribution is -0.141.